The van der Waals surface area contributed by atoms with Gasteiger partial charge in [0.05, 0.1) is 34.7 Å². The summed E-state index contributed by atoms with van der Waals surface area (Å²) in [6.07, 6.45) is 8.76. The van der Waals surface area contributed by atoms with Crippen LogP contribution in [0.2, 0.25) is 0 Å². The third-order valence-electron chi connectivity index (χ3n) is 6.29. The molecule has 0 atom stereocenters. The van der Waals surface area contributed by atoms with E-state index in [0.29, 0.717) is 28.2 Å². The van der Waals surface area contributed by atoms with Crippen molar-refractivity contribution in [2.75, 3.05) is 5.73 Å². The van der Waals surface area contributed by atoms with Gasteiger partial charge in [0.1, 0.15) is 11.3 Å². The van der Waals surface area contributed by atoms with E-state index in [1.807, 2.05) is 23.1 Å². The Bertz CT molecular complexity index is 1540. The second kappa shape index (κ2) is 7.65. The normalized spacial score (nSPS) is 18.7. The van der Waals surface area contributed by atoms with E-state index in [1.54, 1.807) is 18.3 Å². The number of aliphatic hydroxyl groups excluding tert-OH is 1. The summed E-state index contributed by atoms with van der Waals surface area (Å²) in [7, 11) is 0. The van der Waals surface area contributed by atoms with E-state index in [-0.39, 0.29) is 12.1 Å². The second-order valence-electron chi connectivity index (χ2n) is 8.34. The first-order valence-corrected chi connectivity index (χ1v) is 11.4. The van der Waals surface area contributed by atoms with E-state index in [4.69, 9.17) is 10.2 Å². The number of hydrogen-bond donors (Lipinski definition) is 2. The highest BCUT2D eigenvalue weighted by atomic mass is 32.1. The zero-order valence-electron chi connectivity index (χ0n) is 17.5. The lowest BCUT2D eigenvalue weighted by atomic mass is 9.93. The summed E-state index contributed by atoms with van der Waals surface area (Å²) < 4.78 is 13.0. The van der Waals surface area contributed by atoms with Crippen molar-refractivity contribution < 1.29 is 9.52 Å². The monoisotopic (exact) mass is 457 g/mol. The number of aliphatic hydroxyl groups is 1. The van der Waals surface area contributed by atoms with Crippen LogP contribution in [0.15, 0.2) is 41.2 Å². The molecule has 0 saturated heterocycles. The van der Waals surface area contributed by atoms with Gasteiger partial charge in [-0.15, -0.1) is 5.10 Å². The number of fused-ring (bicyclic) bond motifs is 2. The quantitative estimate of drug-likeness (QED) is 0.409. The molecular formula is C23H19N7O2S. The minimum absolute atomic E-state index is 0.207. The first-order valence-electron chi connectivity index (χ1n) is 10.7. The zero-order chi connectivity index (χ0) is 22.5. The molecule has 0 amide bonds. The van der Waals surface area contributed by atoms with Gasteiger partial charge in [-0.1, -0.05) is 4.49 Å². The summed E-state index contributed by atoms with van der Waals surface area (Å²) >= 11 is 1.25. The maximum atomic E-state index is 9.80. The molecule has 0 bridgehead atoms. The molecule has 0 aliphatic heterocycles. The van der Waals surface area contributed by atoms with E-state index >= 15 is 0 Å². The third kappa shape index (κ3) is 3.33. The maximum absolute atomic E-state index is 9.80. The van der Waals surface area contributed by atoms with E-state index < -0.39 is 0 Å². The largest absolute Gasteiger partial charge is 0.452 e. The van der Waals surface area contributed by atoms with Crippen molar-refractivity contribution in [3.05, 3.63) is 42.4 Å². The highest BCUT2D eigenvalue weighted by Crippen LogP contribution is 2.40. The van der Waals surface area contributed by atoms with E-state index in [9.17, 15) is 10.4 Å². The molecule has 4 heterocycles. The van der Waals surface area contributed by atoms with Gasteiger partial charge < -0.3 is 15.3 Å². The molecule has 0 unspecified atom stereocenters. The Kier molecular flexibility index (Phi) is 4.60. The number of nitrogens with zero attached hydrogens (tertiary/aromatic N) is 6. The maximum Gasteiger partial charge on any atom is 0.177 e. The lowest BCUT2D eigenvalue weighted by Crippen LogP contribution is -2.21. The summed E-state index contributed by atoms with van der Waals surface area (Å²) in [6, 6.07) is 7.86. The van der Waals surface area contributed by atoms with Crippen molar-refractivity contribution in [1.82, 2.24) is 24.4 Å². The number of rotatable bonds is 3. The molecule has 0 radical (unpaired) electrons. The van der Waals surface area contributed by atoms with Crippen LogP contribution in [0.25, 0.3) is 43.6 Å². The average molecular weight is 458 g/mol. The molecule has 1 aromatic carbocycles. The lowest BCUT2D eigenvalue weighted by Gasteiger charge is -2.25. The molecular weight excluding hydrogens is 438 g/mol. The molecule has 9 nitrogen and oxygen atoms in total. The van der Waals surface area contributed by atoms with Gasteiger partial charge >= 0.3 is 0 Å². The molecule has 33 heavy (non-hydrogen) atoms. The fraction of sp³-hybridized carbons (Fsp3) is 0.261. The summed E-state index contributed by atoms with van der Waals surface area (Å²) in [5.41, 5.74) is 10.3. The zero-order valence-corrected chi connectivity index (χ0v) is 18.3. The van der Waals surface area contributed by atoms with Crippen molar-refractivity contribution in [2.24, 2.45) is 0 Å². The lowest BCUT2D eigenvalue weighted by molar-refractivity contribution is 0.108. The van der Waals surface area contributed by atoms with Gasteiger partial charge in [0.15, 0.2) is 11.4 Å². The van der Waals surface area contributed by atoms with Gasteiger partial charge in [0.25, 0.3) is 0 Å². The summed E-state index contributed by atoms with van der Waals surface area (Å²) in [5, 5.41) is 28.7. The van der Waals surface area contributed by atoms with Crippen molar-refractivity contribution in [3.63, 3.8) is 0 Å². The Balaban J connectivity index is 1.46. The van der Waals surface area contributed by atoms with Gasteiger partial charge in [0.2, 0.25) is 0 Å². The van der Waals surface area contributed by atoms with E-state index in [0.717, 1.165) is 52.5 Å². The van der Waals surface area contributed by atoms with Crippen LogP contribution in [-0.4, -0.2) is 35.6 Å². The molecule has 4 aromatic heterocycles. The molecule has 1 aliphatic rings. The van der Waals surface area contributed by atoms with Gasteiger partial charge in [-0.05, 0) is 55.4 Å². The molecule has 3 N–H and O–H groups in total. The van der Waals surface area contributed by atoms with Crippen LogP contribution in [0.5, 0.6) is 0 Å². The Morgan fingerprint density at radius 2 is 2.00 bits per heavy atom. The van der Waals surface area contributed by atoms with Crippen LogP contribution >= 0.6 is 11.5 Å². The SMILES string of the molecule is N#Cc1cc(-c2cc3c(-c4cnn(C5CCC(O)CC5)c4)cnc(N)c3o2)c2snnc2c1. The number of hydrogen-bond acceptors (Lipinski definition) is 9. The van der Waals surface area contributed by atoms with Gasteiger partial charge in [-0.2, -0.15) is 10.4 Å². The Labute approximate surface area is 192 Å². The van der Waals surface area contributed by atoms with Crippen LogP contribution in [0.4, 0.5) is 5.82 Å². The number of benzene rings is 1. The van der Waals surface area contributed by atoms with Crippen LogP contribution in [-0.2, 0) is 0 Å². The molecule has 5 aromatic rings. The van der Waals surface area contributed by atoms with Crippen LogP contribution in [0, 0.1) is 11.3 Å². The topological polar surface area (TPSA) is 140 Å². The number of nitrogen functional groups attached to an aromatic ring is 1. The molecule has 6 rings (SSSR count). The summed E-state index contributed by atoms with van der Waals surface area (Å²) in [5.74, 6) is 0.872. The number of anilines is 1. The van der Waals surface area contributed by atoms with Crippen LogP contribution < -0.4 is 5.73 Å². The molecule has 1 aliphatic carbocycles. The first-order chi connectivity index (χ1) is 16.1. The Morgan fingerprint density at radius 3 is 2.82 bits per heavy atom. The number of nitriles is 1. The number of aromatic nitrogens is 5. The highest BCUT2D eigenvalue weighted by Gasteiger charge is 2.23. The van der Waals surface area contributed by atoms with Crippen molar-refractivity contribution in [1.29, 1.82) is 5.26 Å². The predicted molar refractivity (Wildman–Crippen MR) is 124 cm³/mol. The number of nitrogens with two attached hydrogens (primary N) is 1. The fourth-order valence-electron chi connectivity index (χ4n) is 4.54. The first kappa shape index (κ1) is 19.8. The van der Waals surface area contributed by atoms with Crippen molar-refractivity contribution in [3.8, 4) is 28.5 Å². The number of pyridine rings is 1. The minimum atomic E-state index is -0.207. The predicted octanol–water partition coefficient (Wildman–Crippen LogP) is 4.29. The molecule has 164 valence electrons. The van der Waals surface area contributed by atoms with Crippen molar-refractivity contribution >= 4 is 38.5 Å². The van der Waals surface area contributed by atoms with E-state index in [1.165, 1.54) is 11.5 Å². The van der Waals surface area contributed by atoms with Gasteiger partial charge in [0, 0.05) is 34.5 Å². The van der Waals surface area contributed by atoms with Crippen LogP contribution in [0.1, 0.15) is 37.3 Å². The minimum Gasteiger partial charge on any atom is -0.452 e. The standard InChI is InChI=1S/C23H19N7O2S/c24-8-12-5-17(22-19(6-12)28-29-33-22)20-7-16-18(10-26-23(25)21(16)32-20)13-9-27-30(11-13)14-1-3-15(31)4-2-14/h5-7,9-11,14-15,31H,1-4H2,(H2,25,26). The van der Waals surface area contributed by atoms with Gasteiger partial charge in [-0.3, -0.25) is 4.68 Å². The molecule has 1 fully saturated rings. The summed E-state index contributed by atoms with van der Waals surface area (Å²) in [4.78, 5) is 4.35. The number of furan rings is 1. The van der Waals surface area contributed by atoms with Crippen LogP contribution in [0.3, 0.4) is 0 Å². The molecule has 1 saturated carbocycles. The van der Waals surface area contributed by atoms with Crippen molar-refractivity contribution in [2.45, 2.75) is 37.8 Å². The molecule has 10 heteroatoms. The van der Waals surface area contributed by atoms with Gasteiger partial charge in [-0.25, -0.2) is 4.98 Å². The Morgan fingerprint density at radius 1 is 1.15 bits per heavy atom. The fourth-order valence-corrected chi connectivity index (χ4v) is 5.20. The summed E-state index contributed by atoms with van der Waals surface area (Å²) in [6.45, 7) is 0. The highest BCUT2D eigenvalue weighted by molar-refractivity contribution is 7.13. The smallest absolute Gasteiger partial charge is 0.177 e. The molecule has 0 spiro atoms. The third-order valence-corrected chi connectivity index (χ3v) is 7.06. The second-order valence-corrected chi connectivity index (χ2v) is 9.09. The van der Waals surface area contributed by atoms with E-state index in [2.05, 4.69) is 25.7 Å². The average Bonchev–Trinajstić information content (AvgIpc) is 3.58. The Hall–Kier alpha value is -3.81.